The number of carboxylic acids is 1. The summed E-state index contributed by atoms with van der Waals surface area (Å²) in [4.78, 5) is 35.3. The van der Waals surface area contributed by atoms with E-state index in [2.05, 4.69) is 10.6 Å². The SMILES string of the molecule is CC(C)C(NC(=O)Cc1ccccc1)C(=O)NC(CC(F)F)C(=O)O. The van der Waals surface area contributed by atoms with Gasteiger partial charge in [-0.3, -0.25) is 9.59 Å². The minimum absolute atomic E-state index is 0.0523. The highest BCUT2D eigenvalue weighted by molar-refractivity contribution is 5.91. The van der Waals surface area contributed by atoms with Crippen molar-refractivity contribution in [3.8, 4) is 0 Å². The third-order valence-corrected chi connectivity index (χ3v) is 3.50. The van der Waals surface area contributed by atoms with Crippen LogP contribution in [0.2, 0.25) is 0 Å². The van der Waals surface area contributed by atoms with Crippen molar-refractivity contribution < 1.29 is 28.3 Å². The summed E-state index contributed by atoms with van der Waals surface area (Å²) in [6.45, 7) is 3.33. The van der Waals surface area contributed by atoms with Crippen molar-refractivity contribution in [2.24, 2.45) is 5.92 Å². The van der Waals surface area contributed by atoms with Crippen LogP contribution in [0.25, 0.3) is 0 Å². The van der Waals surface area contributed by atoms with Crippen LogP contribution < -0.4 is 10.6 Å². The molecule has 2 amide bonds. The highest BCUT2D eigenvalue weighted by Crippen LogP contribution is 2.08. The van der Waals surface area contributed by atoms with E-state index in [1.54, 1.807) is 44.2 Å². The second kappa shape index (κ2) is 9.71. The maximum atomic E-state index is 12.4. The van der Waals surface area contributed by atoms with Gasteiger partial charge in [0.25, 0.3) is 0 Å². The molecule has 0 heterocycles. The third kappa shape index (κ3) is 7.28. The molecule has 138 valence electrons. The molecule has 0 radical (unpaired) electrons. The summed E-state index contributed by atoms with van der Waals surface area (Å²) >= 11 is 0. The van der Waals surface area contributed by atoms with Crippen molar-refractivity contribution in [3.63, 3.8) is 0 Å². The number of rotatable bonds is 9. The zero-order chi connectivity index (χ0) is 19.0. The Hall–Kier alpha value is -2.51. The quantitative estimate of drug-likeness (QED) is 0.626. The van der Waals surface area contributed by atoms with Gasteiger partial charge in [0.1, 0.15) is 12.1 Å². The predicted molar refractivity (Wildman–Crippen MR) is 87.1 cm³/mol. The van der Waals surface area contributed by atoms with Crippen LogP contribution in [0.1, 0.15) is 25.8 Å². The Balaban J connectivity index is 2.72. The number of benzene rings is 1. The first kappa shape index (κ1) is 20.5. The molecule has 0 saturated heterocycles. The summed E-state index contributed by atoms with van der Waals surface area (Å²) in [5.74, 6) is -3.11. The normalized spacial score (nSPS) is 13.4. The smallest absolute Gasteiger partial charge is 0.326 e. The van der Waals surface area contributed by atoms with Gasteiger partial charge in [-0.25, -0.2) is 13.6 Å². The van der Waals surface area contributed by atoms with E-state index in [1.807, 2.05) is 0 Å². The number of hydrogen-bond acceptors (Lipinski definition) is 3. The number of aliphatic carboxylic acids is 1. The highest BCUT2D eigenvalue weighted by Gasteiger charge is 2.30. The molecule has 6 nitrogen and oxygen atoms in total. The molecule has 2 atom stereocenters. The predicted octanol–water partition coefficient (Wildman–Crippen LogP) is 1.59. The van der Waals surface area contributed by atoms with Gasteiger partial charge in [-0.2, -0.15) is 0 Å². The molecular weight excluding hydrogens is 334 g/mol. The molecule has 0 bridgehead atoms. The average Bonchev–Trinajstić information content (AvgIpc) is 2.52. The minimum Gasteiger partial charge on any atom is -0.480 e. The van der Waals surface area contributed by atoms with Gasteiger partial charge in [0, 0.05) is 6.42 Å². The van der Waals surface area contributed by atoms with Crippen molar-refractivity contribution in [1.82, 2.24) is 10.6 Å². The molecule has 1 rings (SSSR count). The van der Waals surface area contributed by atoms with Crippen LogP contribution in [0.3, 0.4) is 0 Å². The van der Waals surface area contributed by atoms with E-state index in [9.17, 15) is 23.2 Å². The number of alkyl halides is 2. The molecule has 0 aliphatic rings. The van der Waals surface area contributed by atoms with Crippen molar-refractivity contribution >= 4 is 17.8 Å². The summed E-state index contributed by atoms with van der Waals surface area (Å²) < 4.78 is 24.8. The molecule has 3 N–H and O–H groups in total. The van der Waals surface area contributed by atoms with E-state index in [0.29, 0.717) is 0 Å². The fourth-order valence-electron chi connectivity index (χ4n) is 2.20. The number of amides is 2. The first-order valence-corrected chi connectivity index (χ1v) is 7.85. The number of hydrogen-bond donors (Lipinski definition) is 3. The van der Waals surface area contributed by atoms with Gasteiger partial charge in [0.2, 0.25) is 18.2 Å². The molecule has 0 fully saturated rings. The Morgan fingerprint density at radius 3 is 2.16 bits per heavy atom. The van der Waals surface area contributed by atoms with Crippen LogP contribution in [0.5, 0.6) is 0 Å². The Bertz CT molecular complexity index is 594. The monoisotopic (exact) mass is 356 g/mol. The van der Waals surface area contributed by atoms with E-state index in [0.717, 1.165) is 5.56 Å². The molecule has 0 spiro atoms. The Morgan fingerprint density at radius 2 is 1.68 bits per heavy atom. The van der Waals surface area contributed by atoms with Gasteiger partial charge < -0.3 is 15.7 Å². The molecule has 0 aliphatic heterocycles. The summed E-state index contributed by atoms with van der Waals surface area (Å²) in [5.41, 5.74) is 0.754. The average molecular weight is 356 g/mol. The molecule has 25 heavy (non-hydrogen) atoms. The first-order valence-electron chi connectivity index (χ1n) is 7.85. The van der Waals surface area contributed by atoms with E-state index in [1.165, 1.54) is 0 Å². The van der Waals surface area contributed by atoms with Crippen LogP contribution in [0.4, 0.5) is 8.78 Å². The number of nitrogens with one attached hydrogen (secondary N) is 2. The van der Waals surface area contributed by atoms with Gasteiger partial charge in [-0.05, 0) is 11.5 Å². The Kier molecular flexibility index (Phi) is 7.97. The minimum atomic E-state index is -2.87. The number of halogens is 2. The number of carbonyl (C=O) groups excluding carboxylic acids is 2. The van der Waals surface area contributed by atoms with Crippen LogP contribution >= 0.6 is 0 Å². The first-order chi connectivity index (χ1) is 11.7. The lowest BCUT2D eigenvalue weighted by Crippen LogP contribution is -2.54. The van der Waals surface area contributed by atoms with E-state index < -0.39 is 42.7 Å². The second-order valence-corrected chi connectivity index (χ2v) is 5.98. The van der Waals surface area contributed by atoms with Crippen molar-refractivity contribution in [2.75, 3.05) is 0 Å². The molecular formula is C17H22F2N2O4. The maximum Gasteiger partial charge on any atom is 0.326 e. The molecule has 1 aromatic rings. The standard InChI is InChI=1S/C17H22F2N2O4/c1-10(2)15(16(23)20-12(17(24)25)9-13(18)19)21-14(22)8-11-6-4-3-5-7-11/h3-7,10,12-13,15H,8-9H2,1-2H3,(H,20,23)(H,21,22)(H,24,25). The van der Waals surface area contributed by atoms with E-state index in [4.69, 9.17) is 5.11 Å². The van der Waals surface area contributed by atoms with Gasteiger partial charge in [0.05, 0.1) is 6.42 Å². The Labute approximate surface area is 144 Å². The summed E-state index contributed by atoms with van der Waals surface area (Å²) in [5, 5.41) is 13.5. The molecule has 0 aliphatic carbocycles. The van der Waals surface area contributed by atoms with Gasteiger partial charge >= 0.3 is 5.97 Å². The van der Waals surface area contributed by atoms with Crippen LogP contribution in [0, 0.1) is 5.92 Å². The summed E-state index contributed by atoms with van der Waals surface area (Å²) in [7, 11) is 0. The fourth-order valence-corrected chi connectivity index (χ4v) is 2.20. The maximum absolute atomic E-state index is 12.4. The lowest BCUT2D eigenvalue weighted by atomic mass is 10.0. The zero-order valence-electron chi connectivity index (χ0n) is 14.0. The van der Waals surface area contributed by atoms with Crippen LogP contribution in [-0.4, -0.2) is 41.4 Å². The summed E-state index contributed by atoms with van der Waals surface area (Å²) in [6, 6.07) is 6.14. The largest absolute Gasteiger partial charge is 0.480 e. The van der Waals surface area contributed by atoms with Gasteiger partial charge in [-0.1, -0.05) is 44.2 Å². The number of carbonyl (C=O) groups is 3. The fraction of sp³-hybridized carbons (Fsp3) is 0.471. The zero-order valence-corrected chi connectivity index (χ0v) is 14.0. The molecule has 1 aromatic carbocycles. The lowest BCUT2D eigenvalue weighted by molar-refractivity contribution is -0.143. The van der Waals surface area contributed by atoms with E-state index in [-0.39, 0.29) is 12.3 Å². The van der Waals surface area contributed by atoms with Crippen LogP contribution in [0.15, 0.2) is 30.3 Å². The van der Waals surface area contributed by atoms with Crippen molar-refractivity contribution in [1.29, 1.82) is 0 Å². The van der Waals surface area contributed by atoms with Crippen molar-refractivity contribution in [3.05, 3.63) is 35.9 Å². The third-order valence-electron chi connectivity index (χ3n) is 3.50. The lowest BCUT2D eigenvalue weighted by Gasteiger charge is -2.24. The molecule has 0 saturated carbocycles. The molecule has 2 unspecified atom stereocenters. The number of carboxylic acid groups (broad SMARTS) is 1. The van der Waals surface area contributed by atoms with Crippen molar-refractivity contribution in [2.45, 2.75) is 45.2 Å². The molecule has 0 aromatic heterocycles. The van der Waals surface area contributed by atoms with Gasteiger partial charge in [0.15, 0.2) is 0 Å². The highest BCUT2D eigenvalue weighted by atomic mass is 19.3. The Morgan fingerprint density at radius 1 is 1.08 bits per heavy atom. The van der Waals surface area contributed by atoms with E-state index >= 15 is 0 Å². The topological polar surface area (TPSA) is 95.5 Å². The van der Waals surface area contributed by atoms with Gasteiger partial charge in [-0.15, -0.1) is 0 Å². The summed E-state index contributed by atoms with van der Waals surface area (Å²) in [6.07, 6.45) is -3.81. The van der Waals surface area contributed by atoms with Crippen LogP contribution in [-0.2, 0) is 20.8 Å². The molecule has 8 heteroatoms. The second-order valence-electron chi connectivity index (χ2n) is 5.98.